The number of hydrogen-bond acceptors (Lipinski definition) is 5. The smallest absolute Gasteiger partial charge is 0.246 e. The minimum absolute atomic E-state index is 0.119. The molecule has 1 aliphatic rings. The molecule has 1 aromatic carbocycles. The SMILES string of the molecule is NCCCOC1CCN(S(=O)(=O)c2cnn(Cc3ccccc3)c2)CC1. The van der Waals surface area contributed by atoms with Gasteiger partial charge >= 0.3 is 0 Å². The van der Waals surface area contributed by atoms with E-state index in [0.29, 0.717) is 45.6 Å². The lowest BCUT2D eigenvalue weighted by Gasteiger charge is -2.30. The van der Waals surface area contributed by atoms with Gasteiger partial charge in [0.2, 0.25) is 10.0 Å². The first-order valence-electron chi connectivity index (χ1n) is 8.98. The van der Waals surface area contributed by atoms with Crippen molar-refractivity contribution in [1.82, 2.24) is 14.1 Å². The van der Waals surface area contributed by atoms with Gasteiger partial charge in [0.15, 0.2) is 0 Å². The Hall–Kier alpha value is -1.74. The van der Waals surface area contributed by atoms with Gasteiger partial charge in [-0.1, -0.05) is 30.3 Å². The molecule has 0 saturated carbocycles. The van der Waals surface area contributed by atoms with Crippen LogP contribution in [-0.4, -0.2) is 54.8 Å². The summed E-state index contributed by atoms with van der Waals surface area (Å²) in [7, 11) is -3.51. The molecule has 0 radical (unpaired) electrons. The number of sulfonamides is 1. The van der Waals surface area contributed by atoms with Crippen LogP contribution in [0.3, 0.4) is 0 Å². The second-order valence-corrected chi connectivity index (χ2v) is 8.41. The predicted octanol–water partition coefficient (Wildman–Crippen LogP) is 1.45. The van der Waals surface area contributed by atoms with Crippen molar-refractivity contribution in [2.75, 3.05) is 26.2 Å². The summed E-state index contributed by atoms with van der Waals surface area (Å²) in [5.41, 5.74) is 6.54. The Balaban J connectivity index is 1.59. The molecule has 142 valence electrons. The van der Waals surface area contributed by atoms with Gasteiger partial charge in [-0.15, -0.1) is 0 Å². The van der Waals surface area contributed by atoms with Crippen LogP contribution >= 0.6 is 0 Å². The van der Waals surface area contributed by atoms with Crippen LogP contribution in [0.25, 0.3) is 0 Å². The summed E-state index contributed by atoms with van der Waals surface area (Å²) >= 11 is 0. The standard InChI is InChI=1S/C18H26N4O3S/c19-9-4-12-25-17-7-10-22(11-8-17)26(23,24)18-13-20-21(15-18)14-16-5-2-1-3-6-16/h1-3,5-6,13,15,17H,4,7-12,14,19H2. The van der Waals surface area contributed by atoms with E-state index in [0.717, 1.165) is 12.0 Å². The molecule has 0 bridgehead atoms. The maximum Gasteiger partial charge on any atom is 0.246 e. The maximum atomic E-state index is 12.8. The third-order valence-electron chi connectivity index (χ3n) is 4.54. The molecule has 2 aromatic rings. The first-order chi connectivity index (χ1) is 12.6. The highest BCUT2D eigenvalue weighted by atomic mass is 32.2. The molecule has 8 heteroatoms. The zero-order valence-electron chi connectivity index (χ0n) is 14.8. The normalized spacial score (nSPS) is 16.8. The molecule has 26 heavy (non-hydrogen) atoms. The molecule has 1 aromatic heterocycles. The number of hydrogen-bond donors (Lipinski definition) is 1. The summed E-state index contributed by atoms with van der Waals surface area (Å²) in [4.78, 5) is 0.246. The average Bonchev–Trinajstić information content (AvgIpc) is 3.13. The highest BCUT2D eigenvalue weighted by molar-refractivity contribution is 7.89. The van der Waals surface area contributed by atoms with E-state index in [1.807, 2.05) is 30.3 Å². The minimum Gasteiger partial charge on any atom is -0.378 e. The van der Waals surface area contributed by atoms with E-state index in [2.05, 4.69) is 5.10 Å². The van der Waals surface area contributed by atoms with Crippen molar-refractivity contribution < 1.29 is 13.2 Å². The molecular formula is C18H26N4O3S. The van der Waals surface area contributed by atoms with Crippen LogP contribution in [0.2, 0.25) is 0 Å². The first-order valence-corrected chi connectivity index (χ1v) is 10.4. The predicted molar refractivity (Wildman–Crippen MR) is 99.2 cm³/mol. The molecule has 1 saturated heterocycles. The van der Waals surface area contributed by atoms with Gasteiger partial charge in [0.25, 0.3) is 0 Å². The van der Waals surface area contributed by atoms with Crippen LogP contribution < -0.4 is 5.73 Å². The monoisotopic (exact) mass is 378 g/mol. The van der Waals surface area contributed by atoms with Crippen LogP contribution in [0.5, 0.6) is 0 Å². The van der Waals surface area contributed by atoms with Crippen molar-refractivity contribution in [3.63, 3.8) is 0 Å². The van der Waals surface area contributed by atoms with Crippen LogP contribution in [0.4, 0.5) is 0 Å². The Bertz CT molecular complexity index is 784. The number of ether oxygens (including phenoxy) is 1. The molecule has 0 atom stereocenters. The molecule has 0 unspecified atom stereocenters. The summed E-state index contributed by atoms with van der Waals surface area (Å²) in [6.07, 6.45) is 5.41. The number of aromatic nitrogens is 2. The molecule has 0 spiro atoms. The Labute approximate surface area is 154 Å². The van der Waals surface area contributed by atoms with Crippen molar-refractivity contribution in [3.05, 3.63) is 48.3 Å². The van der Waals surface area contributed by atoms with E-state index in [-0.39, 0.29) is 11.0 Å². The minimum atomic E-state index is -3.51. The summed E-state index contributed by atoms with van der Waals surface area (Å²) in [6.45, 7) is 2.74. The zero-order valence-corrected chi connectivity index (χ0v) is 15.6. The largest absolute Gasteiger partial charge is 0.378 e. The molecule has 0 aliphatic carbocycles. The maximum absolute atomic E-state index is 12.8. The van der Waals surface area contributed by atoms with E-state index in [9.17, 15) is 8.42 Å². The fourth-order valence-corrected chi connectivity index (χ4v) is 4.48. The van der Waals surface area contributed by atoms with Gasteiger partial charge in [-0.2, -0.15) is 9.40 Å². The number of nitrogens with two attached hydrogens (primary N) is 1. The zero-order chi connectivity index (χ0) is 18.4. The summed E-state index contributed by atoms with van der Waals surface area (Å²) in [5, 5.41) is 4.21. The fourth-order valence-electron chi connectivity index (χ4n) is 3.06. The van der Waals surface area contributed by atoms with Crippen LogP contribution in [0.1, 0.15) is 24.8 Å². The van der Waals surface area contributed by atoms with E-state index in [4.69, 9.17) is 10.5 Å². The van der Waals surface area contributed by atoms with Gasteiger partial charge in [-0.3, -0.25) is 4.68 Å². The van der Waals surface area contributed by atoms with E-state index >= 15 is 0 Å². The van der Waals surface area contributed by atoms with Crippen molar-refractivity contribution in [2.24, 2.45) is 5.73 Å². The van der Waals surface area contributed by atoms with E-state index in [1.165, 1.54) is 10.5 Å². The van der Waals surface area contributed by atoms with Gasteiger partial charge in [0, 0.05) is 25.9 Å². The third-order valence-corrected chi connectivity index (χ3v) is 6.39. The van der Waals surface area contributed by atoms with Gasteiger partial charge in [-0.05, 0) is 31.4 Å². The number of rotatable bonds is 8. The van der Waals surface area contributed by atoms with Gasteiger partial charge in [-0.25, -0.2) is 8.42 Å². The number of benzene rings is 1. The van der Waals surface area contributed by atoms with Crippen LogP contribution in [-0.2, 0) is 21.3 Å². The molecule has 1 fully saturated rings. The Morgan fingerprint density at radius 3 is 2.62 bits per heavy atom. The Morgan fingerprint density at radius 2 is 1.92 bits per heavy atom. The second-order valence-electron chi connectivity index (χ2n) is 6.48. The lowest BCUT2D eigenvalue weighted by atomic mass is 10.1. The summed E-state index contributed by atoms with van der Waals surface area (Å²) < 4.78 is 34.6. The Kier molecular flexibility index (Phi) is 6.42. The summed E-state index contributed by atoms with van der Waals surface area (Å²) in [6, 6.07) is 9.84. The topological polar surface area (TPSA) is 90.4 Å². The lowest BCUT2D eigenvalue weighted by Crippen LogP contribution is -2.40. The molecule has 3 rings (SSSR count). The van der Waals surface area contributed by atoms with Crippen molar-refractivity contribution >= 4 is 10.0 Å². The third kappa shape index (κ3) is 4.70. The van der Waals surface area contributed by atoms with E-state index < -0.39 is 10.0 Å². The number of piperidine rings is 1. The number of nitrogens with zero attached hydrogens (tertiary/aromatic N) is 3. The molecule has 2 N–H and O–H groups in total. The second kappa shape index (κ2) is 8.77. The molecule has 1 aliphatic heterocycles. The molecular weight excluding hydrogens is 352 g/mol. The first kappa shape index (κ1) is 19.0. The quantitative estimate of drug-likeness (QED) is 0.702. The highest BCUT2D eigenvalue weighted by Crippen LogP contribution is 2.22. The van der Waals surface area contributed by atoms with Gasteiger partial charge < -0.3 is 10.5 Å². The van der Waals surface area contributed by atoms with Crippen molar-refractivity contribution in [1.29, 1.82) is 0 Å². The Morgan fingerprint density at radius 1 is 1.19 bits per heavy atom. The average molecular weight is 378 g/mol. The van der Waals surface area contributed by atoms with E-state index in [1.54, 1.807) is 10.9 Å². The molecule has 7 nitrogen and oxygen atoms in total. The van der Waals surface area contributed by atoms with Crippen molar-refractivity contribution in [2.45, 2.75) is 36.8 Å². The molecule has 0 amide bonds. The van der Waals surface area contributed by atoms with Gasteiger partial charge in [0.1, 0.15) is 4.90 Å². The lowest BCUT2D eigenvalue weighted by molar-refractivity contribution is 0.0209. The molecule has 2 heterocycles. The van der Waals surface area contributed by atoms with Crippen LogP contribution in [0.15, 0.2) is 47.6 Å². The van der Waals surface area contributed by atoms with Crippen molar-refractivity contribution in [3.8, 4) is 0 Å². The summed E-state index contributed by atoms with van der Waals surface area (Å²) in [5.74, 6) is 0. The van der Waals surface area contributed by atoms with Crippen LogP contribution in [0, 0.1) is 0 Å². The van der Waals surface area contributed by atoms with Gasteiger partial charge in [0.05, 0.1) is 18.8 Å². The highest BCUT2D eigenvalue weighted by Gasteiger charge is 2.30. The fraction of sp³-hybridized carbons (Fsp3) is 0.500.